The van der Waals surface area contributed by atoms with Crippen LogP contribution in [0, 0.1) is 0 Å². The number of thioether (sulfide) groups is 1. The van der Waals surface area contributed by atoms with Crippen LogP contribution in [0.1, 0.15) is 30.5 Å². The molecule has 1 aliphatic carbocycles. The SMILES string of the molecule is COc1cccc(Nc2nnc(SCc3noc(C4CC4)n3)s2)c1. The normalized spacial score (nSPS) is 13.9. The maximum atomic E-state index is 5.25. The van der Waals surface area contributed by atoms with Crippen molar-refractivity contribution in [3.05, 3.63) is 36.0 Å². The van der Waals surface area contributed by atoms with Crippen LogP contribution in [0.3, 0.4) is 0 Å². The van der Waals surface area contributed by atoms with Gasteiger partial charge in [-0.1, -0.05) is 34.3 Å². The van der Waals surface area contributed by atoms with Crippen LogP contribution in [0.25, 0.3) is 0 Å². The molecule has 0 atom stereocenters. The fourth-order valence-electron chi connectivity index (χ4n) is 2.09. The van der Waals surface area contributed by atoms with E-state index >= 15 is 0 Å². The Bertz CT molecular complexity index is 831. The molecule has 0 radical (unpaired) electrons. The van der Waals surface area contributed by atoms with Crippen molar-refractivity contribution in [3.8, 4) is 5.75 Å². The summed E-state index contributed by atoms with van der Waals surface area (Å²) in [5.74, 6) is 3.38. The Morgan fingerprint density at radius 3 is 3.12 bits per heavy atom. The molecule has 0 saturated heterocycles. The number of benzene rings is 1. The molecule has 1 aliphatic rings. The standard InChI is InChI=1S/C15H15N5O2S2/c1-21-11-4-2-3-10(7-11)16-14-18-19-15(24-14)23-8-12-17-13(22-20-12)9-5-6-9/h2-4,7,9H,5-6,8H2,1H3,(H,16,18). The van der Waals surface area contributed by atoms with Gasteiger partial charge in [0.1, 0.15) is 5.75 Å². The highest BCUT2D eigenvalue weighted by Gasteiger charge is 2.29. The van der Waals surface area contributed by atoms with Crippen LogP contribution in [-0.4, -0.2) is 27.4 Å². The average molecular weight is 361 g/mol. The van der Waals surface area contributed by atoms with E-state index in [9.17, 15) is 0 Å². The van der Waals surface area contributed by atoms with Crippen molar-refractivity contribution < 1.29 is 9.26 Å². The van der Waals surface area contributed by atoms with Crippen molar-refractivity contribution in [3.63, 3.8) is 0 Å². The van der Waals surface area contributed by atoms with Gasteiger partial charge in [-0.3, -0.25) is 0 Å². The molecule has 1 fully saturated rings. The highest BCUT2D eigenvalue weighted by molar-refractivity contribution is 8.00. The second-order valence-electron chi connectivity index (χ2n) is 5.34. The molecule has 7 nitrogen and oxygen atoms in total. The summed E-state index contributed by atoms with van der Waals surface area (Å²) >= 11 is 3.04. The summed E-state index contributed by atoms with van der Waals surface area (Å²) in [5.41, 5.74) is 0.911. The Balaban J connectivity index is 1.35. The third-order valence-corrected chi connectivity index (χ3v) is 5.43. The summed E-state index contributed by atoms with van der Waals surface area (Å²) in [5, 5.41) is 16.3. The van der Waals surface area contributed by atoms with E-state index in [0.29, 0.717) is 17.5 Å². The van der Waals surface area contributed by atoms with Crippen LogP contribution in [0.5, 0.6) is 5.75 Å². The van der Waals surface area contributed by atoms with E-state index in [1.165, 1.54) is 11.3 Å². The first-order valence-electron chi connectivity index (χ1n) is 7.50. The van der Waals surface area contributed by atoms with Crippen LogP contribution < -0.4 is 10.1 Å². The van der Waals surface area contributed by atoms with Gasteiger partial charge >= 0.3 is 0 Å². The van der Waals surface area contributed by atoms with E-state index in [-0.39, 0.29) is 0 Å². The fourth-order valence-corrected chi connectivity index (χ4v) is 3.71. The molecular weight excluding hydrogens is 346 g/mol. The van der Waals surface area contributed by atoms with Crippen LogP contribution >= 0.6 is 23.1 Å². The van der Waals surface area contributed by atoms with E-state index in [2.05, 4.69) is 25.7 Å². The topological polar surface area (TPSA) is 86.0 Å². The first-order chi connectivity index (χ1) is 11.8. The smallest absolute Gasteiger partial charge is 0.229 e. The number of nitrogens with one attached hydrogen (secondary N) is 1. The zero-order valence-corrected chi connectivity index (χ0v) is 14.6. The van der Waals surface area contributed by atoms with E-state index in [4.69, 9.17) is 9.26 Å². The molecule has 3 aromatic rings. The van der Waals surface area contributed by atoms with E-state index < -0.39 is 0 Å². The summed E-state index contributed by atoms with van der Waals surface area (Å²) < 4.78 is 11.3. The van der Waals surface area contributed by atoms with Gasteiger partial charge in [0.25, 0.3) is 0 Å². The van der Waals surface area contributed by atoms with Gasteiger partial charge in [-0.15, -0.1) is 10.2 Å². The monoisotopic (exact) mass is 361 g/mol. The molecule has 1 aromatic carbocycles. The second-order valence-corrected chi connectivity index (χ2v) is 7.54. The largest absolute Gasteiger partial charge is 0.497 e. The van der Waals surface area contributed by atoms with Gasteiger partial charge in [-0.05, 0) is 25.0 Å². The molecule has 2 heterocycles. The van der Waals surface area contributed by atoms with Crippen LogP contribution in [-0.2, 0) is 5.75 Å². The van der Waals surface area contributed by atoms with E-state index in [1.54, 1.807) is 18.9 Å². The highest BCUT2D eigenvalue weighted by Crippen LogP contribution is 2.39. The minimum atomic E-state index is 0.483. The Morgan fingerprint density at radius 2 is 2.29 bits per heavy atom. The molecule has 9 heteroatoms. The number of ether oxygens (including phenoxy) is 1. The maximum absolute atomic E-state index is 5.25. The Hall–Kier alpha value is -2.13. The predicted molar refractivity (Wildman–Crippen MR) is 92.0 cm³/mol. The summed E-state index contributed by atoms with van der Waals surface area (Å²) in [6.07, 6.45) is 2.31. The molecule has 124 valence electrons. The quantitative estimate of drug-likeness (QED) is 0.635. The number of nitrogens with zero attached hydrogens (tertiary/aromatic N) is 4. The van der Waals surface area contributed by atoms with E-state index in [1.807, 2.05) is 24.3 Å². The number of anilines is 2. The molecule has 0 spiro atoms. The van der Waals surface area contributed by atoms with Crippen molar-refractivity contribution in [2.75, 3.05) is 12.4 Å². The lowest BCUT2D eigenvalue weighted by molar-refractivity contribution is 0.375. The molecule has 0 amide bonds. The molecule has 24 heavy (non-hydrogen) atoms. The first kappa shape index (κ1) is 15.4. The third-order valence-electron chi connectivity index (χ3n) is 3.46. The minimum absolute atomic E-state index is 0.483. The number of aromatic nitrogens is 4. The Labute approximate surface area is 146 Å². The predicted octanol–water partition coefficient (Wildman–Crippen LogP) is 3.84. The fraction of sp³-hybridized carbons (Fsp3) is 0.333. The lowest BCUT2D eigenvalue weighted by Gasteiger charge is -2.04. The molecule has 0 aliphatic heterocycles. The van der Waals surface area contributed by atoms with Gasteiger partial charge in [0.05, 0.1) is 12.9 Å². The summed E-state index contributed by atoms with van der Waals surface area (Å²) in [7, 11) is 1.64. The molecule has 0 bridgehead atoms. The van der Waals surface area contributed by atoms with Crippen molar-refractivity contribution in [2.45, 2.75) is 28.9 Å². The molecule has 0 unspecified atom stereocenters. The molecule has 1 saturated carbocycles. The molecule has 2 aromatic heterocycles. The number of rotatable bonds is 7. The first-order valence-corrected chi connectivity index (χ1v) is 9.30. The number of methoxy groups -OCH3 is 1. The van der Waals surface area contributed by atoms with Gasteiger partial charge in [0.2, 0.25) is 11.0 Å². The van der Waals surface area contributed by atoms with Crippen molar-refractivity contribution in [1.82, 2.24) is 20.3 Å². The Morgan fingerprint density at radius 1 is 1.38 bits per heavy atom. The van der Waals surface area contributed by atoms with Crippen molar-refractivity contribution >= 4 is 33.9 Å². The summed E-state index contributed by atoms with van der Waals surface area (Å²) in [4.78, 5) is 4.41. The van der Waals surface area contributed by atoms with Crippen LogP contribution in [0.4, 0.5) is 10.8 Å². The average Bonchev–Trinajstić information content (AvgIpc) is 3.18. The lowest BCUT2D eigenvalue weighted by Crippen LogP contribution is -1.90. The Kier molecular flexibility index (Phi) is 4.35. The minimum Gasteiger partial charge on any atom is -0.497 e. The lowest BCUT2D eigenvalue weighted by atomic mass is 10.3. The van der Waals surface area contributed by atoms with Gasteiger partial charge in [-0.2, -0.15) is 4.98 Å². The highest BCUT2D eigenvalue weighted by atomic mass is 32.2. The zero-order valence-electron chi connectivity index (χ0n) is 12.9. The van der Waals surface area contributed by atoms with Crippen molar-refractivity contribution in [1.29, 1.82) is 0 Å². The summed E-state index contributed by atoms with van der Waals surface area (Å²) in [6.45, 7) is 0. The van der Waals surface area contributed by atoms with Crippen molar-refractivity contribution in [2.24, 2.45) is 0 Å². The van der Waals surface area contributed by atoms with Gasteiger partial charge in [0.15, 0.2) is 10.2 Å². The van der Waals surface area contributed by atoms with Crippen LogP contribution in [0.15, 0.2) is 33.1 Å². The number of hydrogen-bond acceptors (Lipinski definition) is 9. The van der Waals surface area contributed by atoms with Gasteiger partial charge < -0.3 is 14.6 Å². The number of hydrogen-bond donors (Lipinski definition) is 1. The second kappa shape index (κ2) is 6.78. The third kappa shape index (κ3) is 3.68. The molecule has 4 rings (SSSR count). The van der Waals surface area contributed by atoms with Gasteiger partial charge in [-0.25, -0.2) is 0 Å². The molecule has 1 N–H and O–H groups in total. The van der Waals surface area contributed by atoms with Crippen LogP contribution in [0.2, 0.25) is 0 Å². The van der Waals surface area contributed by atoms with Gasteiger partial charge in [0, 0.05) is 17.7 Å². The summed E-state index contributed by atoms with van der Waals surface area (Å²) in [6, 6.07) is 7.68. The zero-order chi connectivity index (χ0) is 16.4. The maximum Gasteiger partial charge on any atom is 0.229 e. The van der Waals surface area contributed by atoms with E-state index in [0.717, 1.165) is 39.6 Å². The molecular formula is C15H15N5O2S2.